The fraction of sp³-hybridized carbons (Fsp3) is 0.222. The Bertz CT molecular complexity index is 862. The van der Waals surface area contributed by atoms with Crippen LogP contribution < -0.4 is 16.2 Å². The molecule has 2 amide bonds. The maximum Gasteiger partial charge on any atom is 0.416 e. The van der Waals surface area contributed by atoms with E-state index < -0.39 is 29.2 Å². The fourth-order valence-electron chi connectivity index (χ4n) is 2.33. The van der Waals surface area contributed by atoms with Gasteiger partial charge >= 0.3 is 6.18 Å². The van der Waals surface area contributed by atoms with Gasteiger partial charge < -0.3 is 10.4 Å². The molecule has 27 heavy (non-hydrogen) atoms. The van der Waals surface area contributed by atoms with E-state index in [1.54, 1.807) is 18.2 Å². The lowest BCUT2D eigenvalue weighted by Crippen LogP contribution is -2.47. The highest BCUT2D eigenvalue weighted by Crippen LogP contribution is 2.34. The minimum atomic E-state index is -4.43. The van der Waals surface area contributed by atoms with Crippen LogP contribution in [-0.4, -0.2) is 22.5 Å². The number of hydrogen-bond acceptors (Lipinski definition) is 4. The van der Waals surface area contributed by atoms with E-state index in [4.69, 9.17) is 0 Å². The maximum atomic E-state index is 12.6. The number of hydrogen-bond donors (Lipinski definition) is 4. The Kier molecular flexibility index (Phi) is 4.79. The van der Waals surface area contributed by atoms with Crippen molar-refractivity contribution >= 4 is 23.2 Å². The molecule has 3 rings (SSSR count). The molecule has 2 aromatic rings. The molecule has 0 aliphatic heterocycles. The molecule has 2 aromatic carbocycles. The van der Waals surface area contributed by atoms with Gasteiger partial charge in [0, 0.05) is 5.69 Å². The molecule has 0 radical (unpaired) electrons. The summed E-state index contributed by atoms with van der Waals surface area (Å²) in [6.07, 6.45) is -3.76. The van der Waals surface area contributed by atoms with Crippen molar-refractivity contribution in [3.8, 4) is 0 Å². The molecule has 4 N–H and O–H groups in total. The van der Waals surface area contributed by atoms with Gasteiger partial charge in [-0.2, -0.15) is 13.2 Å². The topological polar surface area (TPSA) is 90.5 Å². The molecule has 9 heteroatoms. The summed E-state index contributed by atoms with van der Waals surface area (Å²) < 4.78 is 37.9. The molecule has 0 unspecified atom stereocenters. The van der Waals surface area contributed by atoms with Crippen LogP contribution in [0.1, 0.15) is 28.8 Å². The summed E-state index contributed by atoms with van der Waals surface area (Å²) in [7, 11) is 0. The summed E-state index contributed by atoms with van der Waals surface area (Å²) in [4.78, 5) is 24.0. The number of nitrogens with one attached hydrogen (secondary N) is 3. The van der Waals surface area contributed by atoms with Crippen molar-refractivity contribution in [1.29, 1.82) is 0 Å². The Labute approximate surface area is 152 Å². The van der Waals surface area contributed by atoms with E-state index in [0.717, 1.165) is 12.1 Å². The van der Waals surface area contributed by atoms with Crippen LogP contribution >= 0.6 is 0 Å². The van der Waals surface area contributed by atoms with Gasteiger partial charge in [0.25, 0.3) is 11.8 Å². The van der Waals surface area contributed by atoms with Crippen LogP contribution in [0.3, 0.4) is 0 Å². The molecule has 142 valence electrons. The van der Waals surface area contributed by atoms with Crippen molar-refractivity contribution in [1.82, 2.24) is 10.9 Å². The molecule has 1 fully saturated rings. The number of benzene rings is 2. The van der Waals surface area contributed by atoms with Crippen molar-refractivity contribution in [2.24, 2.45) is 0 Å². The lowest BCUT2D eigenvalue weighted by molar-refractivity contribution is -0.137. The summed E-state index contributed by atoms with van der Waals surface area (Å²) >= 11 is 0. The molecule has 0 atom stereocenters. The first kappa shape index (κ1) is 18.7. The normalized spacial score (nSPS) is 15.0. The van der Waals surface area contributed by atoms with E-state index in [1.165, 1.54) is 18.2 Å². The Morgan fingerprint density at radius 1 is 0.963 bits per heavy atom. The highest BCUT2D eigenvalue weighted by atomic mass is 19.4. The predicted molar refractivity (Wildman–Crippen MR) is 91.0 cm³/mol. The van der Waals surface area contributed by atoms with E-state index >= 15 is 0 Å². The predicted octanol–water partition coefficient (Wildman–Crippen LogP) is 2.73. The van der Waals surface area contributed by atoms with E-state index in [-0.39, 0.29) is 5.56 Å². The highest BCUT2D eigenvalue weighted by Gasteiger charge is 2.48. The summed E-state index contributed by atoms with van der Waals surface area (Å²) in [5.41, 5.74) is 3.04. The fourth-order valence-corrected chi connectivity index (χ4v) is 2.33. The molecular formula is C18H16F3N3O3. The standard InChI is InChI=1S/C18H16F3N3O3/c19-18(20,21)11-5-7-12(8-6-11)22-14-4-2-1-3-13(14)15(25)23-24-16(26)17(27)9-10-17/h1-8,22,27H,9-10H2,(H,23,25)(H,24,26). The second-order valence-corrected chi connectivity index (χ2v) is 6.19. The summed E-state index contributed by atoms with van der Waals surface area (Å²) in [6.45, 7) is 0. The molecule has 0 saturated heterocycles. The minimum Gasteiger partial charge on any atom is -0.380 e. The van der Waals surface area contributed by atoms with Crippen molar-refractivity contribution in [3.63, 3.8) is 0 Å². The van der Waals surface area contributed by atoms with Gasteiger partial charge in [-0.15, -0.1) is 0 Å². The van der Waals surface area contributed by atoms with Crippen LogP contribution in [-0.2, 0) is 11.0 Å². The molecule has 0 aromatic heterocycles. The van der Waals surface area contributed by atoms with Crippen LogP contribution in [0.2, 0.25) is 0 Å². The van der Waals surface area contributed by atoms with E-state index in [0.29, 0.717) is 24.2 Å². The van der Waals surface area contributed by atoms with Crippen molar-refractivity contribution in [3.05, 3.63) is 59.7 Å². The number of halogens is 3. The Balaban J connectivity index is 1.70. The van der Waals surface area contributed by atoms with Crippen LogP contribution in [0.25, 0.3) is 0 Å². The van der Waals surface area contributed by atoms with Gasteiger partial charge in [-0.05, 0) is 49.2 Å². The zero-order chi connectivity index (χ0) is 19.7. The molecule has 6 nitrogen and oxygen atoms in total. The second-order valence-electron chi connectivity index (χ2n) is 6.19. The van der Waals surface area contributed by atoms with Gasteiger partial charge in [-0.25, -0.2) is 0 Å². The maximum absolute atomic E-state index is 12.6. The van der Waals surface area contributed by atoms with Gasteiger partial charge in [0.05, 0.1) is 16.8 Å². The first-order valence-corrected chi connectivity index (χ1v) is 8.05. The number of amides is 2. The Hall–Kier alpha value is -3.07. The average molecular weight is 379 g/mol. The number of carbonyl (C=O) groups excluding carboxylic acids is 2. The average Bonchev–Trinajstić information content (AvgIpc) is 3.38. The number of aliphatic hydroxyl groups is 1. The lowest BCUT2D eigenvalue weighted by atomic mass is 10.1. The van der Waals surface area contributed by atoms with Crippen molar-refractivity contribution in [2.45, 2.75) is 24.6 Å². The molecule has 0 bridgehead atoms. The molecule has 1 saturated carbocycles. The third kappa shape index (κ3) is 4.37. The molecular weight excluding hydrogens is 363 g/mol. The Morgan fingerprint density at radius 2 is 1.59 bits per heavy atom. The van der Waals surface area contributed by atoms with Gasteiger partial charge in [0.15, 0.2) is 0 Å². The molecule has 0 heterocycles. The SMILES string of the molecule is O=C(NNC(=O)C1(O)CC1)c1ccccc1Nc1ccc(C(F)(F)F)cc1. The third-order valence-electron chi connectivity index (χ3n) is 4.10. The number of para-hydroxylation sites is 1. The quantitative estimate of drug-likeness (QED) is 0.615. The largest absolute Gasteiger partial charge is 0.416 e. The van der Waals surface area contributed by atoms with Crippen LogP contribution in [0.15, 0.2) is 48.5 Å². The number of hydrazine groups is 1. The third-order valence-corrected chi connectivity index (χ3v) is 4.10. The minimum absolute atomic E-state index is 0.167. The summed E-state index contributed by atoms with van der Waals surface area (Å²) in [5.74, 6) is -1.33. The van der Waals surface area contributed by atoms with Crippen LogP contribution in [0.4, 0.5) is 24.5 Å². The molecule has 1 aliphatic rings. The van der Waals surface area contributed by atoms with Gasteiger partial charge in [0.1, 0.15) is 5.60 Å². The Morgan fingerprint density at radius 3 is 2.19 bits per heavy atom. The second kappa shape index (κ2) is 6.92. The summed E-state index contributed by atoms with van der Waals surface area (Å²) in [5, 5.41) is 12.5. The number of anilines is 2. The smallest absolute Gasteiger partial charge is 0.380 e. The van der Waals surface area contributed by atoms with E-state index in [9.17, 15) is 27.9 Å². The summed E-state index contributed by atoms with van der Waals surface area (Å²) in [6, 6.07) is 10.7. The van der Waals surface area contributed by atoms with Crippen molar-refractivity contribution < 1.29 is 27.9 Å². The van der Waals surface area contributed by atoms with Crippen LogP contribution in [0.5, 0.6) is 0 Å². The molecule has 0 spiro atoms. The number of carbonyl (C=O) groups is 2. The highest BCUT2D eigenvalue weighted by molar-refractivity contribution is 6.01. The van der Waals surface area contributed by atoms with Gasteiger partial charge in [0.2, 0.25) is 0 Å². The zero-order valence-corrected chi connectivity index (χ0v) is 13.9. The van der Waals surface area contributed by atoms with Crippen molar-refractivity contribution in [2.75, 3.05) is 5.32 Å². The van der Waals surface area contributed by atoms with Gasteiger partial charge in [-0.1, -0.05) is 12.1 Å². The van der Waals surface area contributed by atoms with E-state index in [1.807, 2.05) is 0 Å². The number of alkyl halides is 3. The lowest BCUT2D eigenvalue weighted by Gasteiger charge is -2.14. The first-order chi connectivity index (χ1) is 12.7. The van der Waals surface area contributed by atoms with Crippen LogP contribution in [0, 0.1) is 0 Å². The van der Waals surface area contributed by atoms with E-state index in [2.05, 4.69) is 16.2 Å². The molecule has 1 aliphatic carbocycles. The van der Waals surface area contributed by atoms with Gasteiger partial charge in [-0.3, -0.25) is 20.4 Å². The first-order valence-electron chi connectivity index (χ1n) is 8.05. The zero-order valence-electron chi connectivity index (χ0n) is 13.9. The monoisotopic (exact) mass is 379 g/mol. The number of rotatable bonds is 4.